The van der Waals surface area contributed by atoms with Gasteiger partial charge in [0.1, 0.15) is 17.2 Å². The van der Waals surface area contributed by atoms with Gasteiger partial charge in [0.05, 0.1) is 16.4 Å². The number of aliphatic imine (C=N–C) groups is 1. The van der Waals surface area contributed by atoms with Crippen LogP contribution in [0.5, 0.6) is 11.5 Å². The number of phenols is 1. The monoisotopic (exact) mass is 421 g/mol. The van der Waals surface area contributed by atoms with Crippen LogP contribution in [0.1, 0.15) is 26.3 Å². The maximum absolute atomic E-state index is 12.8. The molecule has 0 fully saturated rings. The SMILES string of the molecule is CCOc1ccc(S(=O)(=O)N(CC)CC)cc1N=Cc1cc([N+](=O)[O-])ccc1O. The molecule has 0 bridgehead atoms. The van der Waals surface area contributed by atoms with Crippen LogP contribution in [0.4, 0.5) is 11.4 Å². The number of hydrogen-bond donors (Lipinski definition) is 1. The number of non-ortho nitro benzene ring substituents is 1. The summed E-state index contributed by atoms with van der Waals surface area (Å²) in [7, 11) is -3.70. The number of aromatic hydroxyl groups is 1. The van der Waals surface area contributed by atoms with E-state index in [1.165, 1.54) is 46.9 Å². The zero-order valence-corrected chi connectivity index (χ0v) is 17.2. The highest BCUT2D eigenvalue weighted by Crippen LogP contribution is 2.32. The lowest BCUT2D eigenvalue weighted by Crippen LogP contribution is -2.30. The molecule has 0 spiro atoms. The zero-order chi connectivity index (χ0) is 21.6. The Bertz CT molecular complexity index is 1020. The van der Waals surface area contributed by atoms with Crippen molar-refractivity contribution in [1.29, 1.82) is 0 Å². The number of benzene rings is 2. The van der Waals surface area contributed by atoms with Crippen molar-refractivity contribution >= 4 is 27.6 Å². The first-order valence-electron chi connectivity index (χ1n) is 9.03. The van der Waals surface area contributed by atoms with Crippen LogP contribution in [0.2, 0.25) is 0 Å². The van der Waals surface area contributed by atoms with E-state index in [1.54, 1.807) is 20.8 Å². The first-order valence-corrected chi connectivity index (χ1v) is 10.5. The quantitative estimate of drug-likeness (QED) is 0.376. The Morgan fingerprint density at radius 3 is 2.45 bits per heavy atom. The molecule has 0 unspecified atom stereocenters. The van der Waals surface area contributed by atoms with Gasteiger partial charge in [-0.25, -0.2) is 8.42 Å². The van der Waals surface area contributed by atoms with Crippen LogP contribution in [0, 0.1) is 10.1 Å². The molecular weight excluding hydrogens is 398 g/mol. The molecule has 0 radical (unpaired) electrons. The van der Waals surface area contributed by atoms with E-state index < -0.39 is 14.9 Å². The fraction of sp³-hybridized carbons (Fsp3) is 0.316. The topological polar surface area (TPSA) is 122 Å². The number of nitro groups is 1. The number of sulfonamides is 1. The summed E-state index contributed by atoms with van der Waals surface area (Å²) in [6.07, 6.45) is 1.23. The third-order valence-corrected chi connectivity index (χ3v) is 6.18. The van der Waals surface area contributed by atoms with Crippen molar-refractivity contribution in [3.05, 3.63) is 52.1 Å². The molecule has 0 heterocycles. The van der Waals surface area contributed by atoms with Crippen LogP contribution in [-0.4, -0.2) is 48.7 Å². The van der Waals surface area contributed by atoms with Crippen LogP contribution >= 0.6 is 0 Å². The first-order chi connectivity index (χ1) is 13.7. The molecule has 0 aromatic heterocycles. The number of ether oxygens (including phenoxy) is 1. The van der Waals surface area contributed by atoms with Crippen LogP contribution in [0.15, 0.2) is 46.3 Å². The normalized spacial score (nSPS) is 11.9. The number of hydrogen-bond acceptors (Lipinski definition) is 7. The lowest BCUT2D eigenvalue weighted by atomic mass is 10.2. The Balaban J connectivity index is 2.52. The highest BCUT2D eigenvalue weighted by molar-refractivity contribution is 7.89. The maximum atomic E-state index is 12.8. The van der Waals surface area contributed by atoms with Crippen molar-refractivity contribution in [3.8, 4) is 11.5 Å². The molecule has 0 saturated heterocycles. The predicted octanol–water partition coefficient (Wildman–Crippen LogP) is 3.48. The van der Waals surface area contributed by atoms with E-state index in [4.69, 9.17) is 4.74 Å². The van der Waals surface area contributed by atoms with Crippen LogP contribution in [-0.2, 0) is 10.0 Å². The first kappa shape index (κ1) is 22.3. The molecule has 0 amide bonds. The van der Waals surface area contributed by atoms with Crippen molar-refractivity contribution in [1.82, 2.24) is 4.31 Å². The lowest BCUT2D eigenvalue weighted by Gasteiger charge is -2.19. The van der Waals surface area contributed by atoms with Gasteiger partial charge in [0.2, 0.25) is 10.0 Å². The Morgan fingerprint density at radius 1 is 1.17 bits per heavy atom. The third-order valence-electron chi connectivity index (χ3n) is 4.14. The zero-order valence-electron chi connectivity index (χ0n) is 16.4. The van der Waals surface area contributed by atoms with Crippen LogP contribution < -0.4 is 4.74 Å². The van der Waals surface area contributed by atoms with E-state index in [2.05, 4.69) is 4.99 Å². The summed E-state index contributed by atoms with van der Waals surface area (Å²) in [4.78, 5) is 14.6. The van der Waals surface area contributed by atoms with E-state index in [1.807, 2.05) is 0 Å². The summed E-state index contributed by atoms with van der Waals surface area (Å²) in [5.74, 6) is 0.163. The van der Waals surface area contributed by atoms with Gasteiger partial charge < -0.3 is 9.84 Å². The second-order valence-corrected chi connectivity index (χ2v) is 7.85. The van der Waals surface area contributed by atoms with Gasteiger partial charge in [0.25, 0.3) is 5.69 Å². The van der Waals surface area contributed by atoms with Crippen molar-refractivity contribution in [2.45, 2.75) is 25.7 Å². The Labute approximate surface area is 169 Å². The molecule has 156 valence electrons. The van der Waals surface area contributed by atoms with E-state index in [-0.39, 0.29) is 27.6 Å². The summed E-state index contributed by atoms with van der Waals surface area (Å²) in [6.45, 7) is 6.27. The average molecular weight is 421 g/mol. The summed E-state index contributed by atoms with van der Waals surface area (Å²) in [5, 5.41) is 20.9. The van der Waals surface area contributed by atoms with Crippen molar-refractivity contribution < 1.29 is 23.2 Å². The van der Waals surface area contributed by atoms with Crippen molar-refractivity contribution in [2.24, 2.45) is 4.99 Å². The van der Waals surface area contributed by atoms with E-state index in [0.717, 1.165) is 0 Å². The van der Waals surface area contributed by atoms with E-state index in [0.29, 0.717) is 25.4 Å². The minimum atomic E-state index is -3.70. The Kier molecular flexibility index (Phi) is 7.29. The molecule has 0 atom stereocenters. The smallest absolute Gasteiger partial charge is 0.270 e. The summed E-state index contributed by atoms with van der Waals surface area (Å²) >= 11 is 0. The fourth-order valence-electron chi connectivity index (χ4n) is 2.65. The largest absolute Gasteiger partial charge is 0.507 e. The Morgan fingerprint density at radius 2 is 1.86 bits per heavy atom. The second-order valence-electron chi connectivity index (χ2n) is 5.91. The summed E-state index contributed by atoms with van der Waals surface area (Å²) < 4.78 is 32.4. The van der Waals surface area contributed by atoms with Gasteiger partial charge in [-0.05, 0) is 31.2 Å². The highest BCUT2D eigenvalue weighted by Gasteiger charge is 2.23. The van der Waals surface area contributed by atoms with Gasteiger partial charge in [-0.15, -0.1) is 0 Å². The Hall–Kier alpha value is -2.98. The van der Waals surface area contributed by atoms with Gasteiger partial charge in [0, 0.05) is 37.0 Å². The van der Waals surface area contributed by atoms with Crippen LogP contribution in [0.3, 0.4) is 0 Å². The third kappa shape index (κ3) is 5.09. The number of phenolic OH excluding ortho intramolecular Hbond substituents is 1. The molecule has 10 heteroatoms. The standard InChI is InChI=1S/C19H23N3O6S/c1-4-21(5-2)29(26,27)16-8-10-19(28-6-3)17(12-16)20-13-14-11-15(22(24)25)7-9-18(14)23/h7-13,23H,4-6H2,1-3H3. The van der Waals surface area contributed by atoms with Crippen molar-refractivity contribution in [2.75, 3.05) is 19.7 Å². The molecule has 0 aliphatic rings. The van der Waals surface area contributed by atoms with E-state index >= 15 is 0 Å². The summed E-state index contributed by atoms with van der Waals surface area (Å²) in [5.41, 5.74) is 0.150. The molecule has 9 nitrogen and oxygen atoms in total. The molecule has 1 N–H and O–H groups in total. The summed E-state index contributed by atoms with van der Waals surface area (Å²) in [6, 6.07) is 7.89. The minimum Gasteiger partial charge on any atom is -0.507 e. The molecule has 0 saturated carbocycles. The second kappa shape index (κ2) is 9.48. The number of rotatable bonds is 9. The van der Waals surface area contributed by atoms with Gasteiger partial charge >= 0.3 is 0 Å². The highest BCUT2D eigenvalue weighted by atomic mass is 32.2. The molecule has 2 rings (SSSR count). The molecule has 2 aromatic rings. The van der Waals surface area contributed by atoms with Gasteiger partial charge in [-0.1, -0.05) is 13.8 Å². The fourth-order valence-corrected chi connectivity index (χ4v) is 4.13. The van der Waals surface area contributed by atoms with Crippen molar-refractivity contribution in [3.63, 3.8) is 0 Å². The van der Waals surface area contributed by atoms with E-state index in [9.17, 15) is 23.6 Å². The van der Waals surface area contributed by atoms with Gasteiger partial charge in [0.15, 0.2) is 0 Å². The average Bonchev–Trinajstić information content (AvgIpc) is 2.68. The van der Waals surface area contributed by atoms with Gasteiger partial charge in [-0.3, -0.25) is 15.1 Å². The lowest BCUT2D eigenvalue weighted by molar-refractivity contribution is -0.384. The molecule has 0 aliphatic heterocycles. The predicted molar refractivity (Wildman–Crippen MR) is 110 cm³/mol. The molecular formula is C19H23N3O6S. The molecule has 2 aromatic carbocycles. The molecule has 0 aliphatic carbocycles. The molecule has 29 heavy (non-hydrogen) atoms. The number of nitro benzene ring substituents is 1. The van der Waals surface area contributed by atoms with Crippen LogP contribution in [0.25, 0.3) is 0 Å². The minimum absolute atomic E-state index is 0.0556. The van der Waals surface area contributed by atoms with Gasteiger partial charge in [-0.2, -0.15) is 4.31 Å². The maximum Gasteiger partial charge on any atom is 0.270 e. The number of nitrogens with zero attached hydrogens (tertiary/aromatic N) is 3.